The average molecular weight is 385 g/mol. The number of esters is 1. The zero-order valence-electron chi connectivity index (χ0n) is 14.5. The third-order valence-corrected chi connectivity index (χ3v) is 4.38. The van der Waals surface area contributed by atoms with E-state index in [4.69, 9.17) is 16.3 Å². The third kappa shape index (κ3) is 4.17. The van der Waals surface area contributed by atoms with Crippen molar-refractivity contribution >= 4 is 40.2 Å². The van der Waals surface area contributed by atoms with Crippen LogP contribution in [0, 0.1) is 0 Å². The summed E-state index contributed by atoms with van der Waals surface area (Å²) in [5.74, 6) is -1.53. The highest BCUT2D eigenvalue weighted by atomic mass is 35.5. The number of hydrogen-bond acceptors (Lipinski definition) is 4. The monoisotopic (exact) mass is 384 g/mol. The number of H-pyrrole nitrogens is 1. The number of ether oxygens (including phenoxy) is 1. The summed E-state index contributed by atoms with van der Waals surface area (Å²) in [6, 6.07) is 12.9. The van der Waals surface area contributed by atoms with E-state index in [2.05, 4.69) is 10.3 Å². The van der Waals surface area contributed by atoms with Gasteiger partial charge in [-0.2, -0.15) is 0 Å². The minimum Gasteiger partial charge on any atom is -0.456 e. The van der Waals surface area contributed by atoms with E-state index in [0.717, 1.165) is 10.9 Å². The SMILES string of the molecule is C[C@H](NC(=O)c1ccccc1Cl)C(=O)OCC(=O)c1c[nH]c2ccccc12. The highest BCUT2D eigenvalue weighted by molar-refractivity contribution is 6.33. The molecule has 2 aromatic carbocycles. The number of amides is 1. The molecule has 6 nitrogen and oxygen atoms in total. The number of carbonyl (C=O) groups is 3. The Bertz CT molecular complexity index is 1010. The zero-order chi connectivity index (χ0) is 19.4. The number of hydrogen-bond donors (Lipinski definition) is 2. The van der Waals surface area contributed by atoms with Gasteiger partial charge in [0, 0.05) is 22.7 Å². The lowest BCUT2D eigenvalue weighted by atomic mass is 10.1. The highest BCUT2D eigenvalue weighted by Crippen LogP contribution is 2.18. The summed E-state index contributed by atoms with van der Waals surface area (Å²) in [4.78, 5) is 39.6. The van der Waals surface area contributed by atoms with Crippen molar-refractivity contribution in [3.05, 3.63) is 70.9 Å². The predicted molar refractivity (Wildman–Crippen MR) is 102 cm³/mol. The number of aromatic amines is 1. The van der Waals surface area contributed by atoms with Crippen LogP contribution in [0.15, 0.2) is 54.7 Å². The van der Waals surface area contributed by atoms with Gasteiger partial charge in [0.15, 0.2) is 6.61 Å². The minimum atomic E-state index is -0.926. The topological polar surface area (TPSA) is 88.3 Å². The molecule has 0 fully saturated rings. The van der Waals surface area contributed by atoms with Crippen molar-refractivity contribution in [1.29, 1.82) is 0 Å². The summed E-state index contributed by atoms with van der Waals surface area (Å²) in [6.45, 7) is 1.07. The maximum absolute atomic E-state index is 12.3. The van der Waals surface area contributed by atoms with Gasteiger partial charge in [0.05, 0.1) is 10.6 Å². The van der Waals surface area contributed by atoms with Crippen molar-refractivity contribution in [3.8, 4) is 0 Å². The number of halogens is 1. The van der Waals surface area contributed by atoms with E-state index < -0.39 is 24.5 Å². The first-order valence-corrected chi connectivity index (χ1v) is 8.66. The average Bonchev–Trinajstić information content (AvgIpc) is 3.10. The molecule has 7 heteroatoms. The van der Waals surface area contributed by atoms with E-state index in [1.165, 1.54) is 6.92 Å². The number of Topliss-reactive ketones (excluding diaryl/α,β-unsaturated/α-hetero) is 1. The fourth-order valence-corrected chi connectivity index (χ4v) is 2.84. The van der Waals surface area contributed by atoms with Crippen LogP contribution in [0.2, 0.25) is 5.02 Å². The summed E-state index contributed by atoms with van der Waals surface area (Å²) >= 11 is 5.96. The molecule has 0 spiro atoms. The quantitative estimate of drug-likeness (QED) is 0.503. The largest absolute Gasteiger partial charge is 0.456 e. The van der Waals surface area contributed by atoms with Gasteiger partial charge in [-0.15, -0.1) is 0 Å². The number of aromatic nitrogens is 1. The Balaban J connectivity index is 1.58. The van der Waals surface area contributed by atoms with Gasteiger partial charge < -0.3 is 15.0 Å². The normalized spacial score (nSPS) is 11.8. The van der Waals surface area contributed by atoms with E-state index >= 15 is 0 Å². The second-order valence-corrected chi connectivity index (χ2v) is 6.36. The molecule has 1 amide bonds. The highest BCUT2D eigenvalue weighted by Gasteiger charge is 2.21. The van der Waals surface area contributed by atoms with Crippen LogP contribution >= 0.6 is 11.6 Å². The minimum absolute atomic E-state index is 0.258. The van der Waals surface area contributed by atoms with E-state index in [-0.39, 0.29) is 16.4 Å². The molecule has 0 aliphatic heterocycles. The first-order valence-electron chi connectivity index (χ1n) is 8.28. The van der Waals surface area contributed by atoms with Crippen molar-refractivity contribution in [1.82, 2.24) is 10.3 Å². The summed E-state index contributed by atoms with van der Waals surface area (Å²) in [7, 11) is 0. The molecular weight excluding hydrogens is 368 g/mol. The van der Waals surface area contributed by atoms with E-state index in [0.29, 0.717) is 5.56 Å². The Labute approximate surface area is 160 Å². The number of rotatable bonds is 6. The molecule has 0 unspecified atom stereocenters. The summed E-state index contributed by atoms with van der Waals surface area (Å²) in [5.41, 5.74) is 1.53. The van der Waals surface area contributed by atoms with Crippen molar-refractivity contribution in [3.63, 3.8) is 0 Å². The number of para-hydroxylation sites is 1. The van der Waals surface area contributed by atoms with Crippen molar-refractivity contribution in [2.45, 2.75) is 13.0 Å². The fraction of sp³-hybridized carbons (Fsp3) is 0.150. The molecule has 2 N–H and O–H groups in total. The van der Waals surface area contributed by atoms with Gasteiger partial charge in [-0.25, -0.2) is 4.79 Å². The van der Waals surface area contributed by atoms with Gasteiger partial charge >= 0.3 is 5.97 Å². The lowest BCUT2D eigenvalue weighted by Crippen LogP contribution is -2.40. The van der Waals surface area contributed by atoms with Crippen molar-refractivity contribution < 1.29 is 19.1 Å². The first kappa shape index (κ1) is 18.7. The molecule has 3 aromatic rings. The number of benzene rings is 2. The molecule has 0 saturated heterocycles. The summed E-state index contributed by atoms with van der Waals surface area (Å²) < 4.78 is 5.06. The molecule has 0 aliphatic carbocycles. The van der Waals surface area contributed by atoms with Crippen LogP contribution in [0.1, 0.15) is 27.6 Å². The fourth-order valence-electron chi connectivity index (χ4n) is 2.62. The molecular formula is C20H17ClN2O4. The van der Waals surface area contributed by atoms with Gasteiger partial charge in [0.2, 0.25) is 5.78 Å². The maximum atomic E-state index is 12.3. The summed E-state index contributed by atoms with van der Waals surface area (Å²) in [5, 5.41) is 3.55. The van der Waals surface area contributed by atoms with Crippen molar-refractivity contribution in [2.75, 3.05) is 6.61 Å². The standard InChI is InChI=1S/C20H17ClN2O4/c1-12(23-19(25)14-7-2-4-8-16(14)21)20(26)27-11-18(24)15-10-22-17-9-5-3-6-13(15)17/h2-10,12,22H,11H2,1H3,(H,23,25)/t12-/m0/s1. The van der Waals surface area contributed by atoms with Gasteiger partial charge in [0.25, 0.3) is 5.91 Å². The Kier molecular flexibility index (Phi) is 5.57. The molecule has 0 aliphatic rings. The molecule has 3 rings (SSSR count). The molecule has 1 aromatic heterocycles. The molecule has 1 heterocycles. The van der Waals surface area contributed by atoms with Crippen LogP contribution in [0.4, 0.5) is 0 Å². The Morgan fingerprint density at radius 1 is 1.07 bits per heavy atom. The number of carbonyl (C=O) groups excluding carboxylic acids is 3. The van der Waals surface area contributed by atoms with Gasteiger partial charge in [-0.05, 0) is 25.1 Å². The van der Waals surface area contributed by atoms with E-state index in [1.54, 1.807) is 30.5 Å². The molecule has 0 bridgehead atoms. The Hall–Kier alpha value is -3.12. The van der Waals surface area contributed by atoms with Crippen LogP contribution < -0.4 is 5.32 Å². The zero-order valence-corrected chi connectivity index (χ0v) is 15.2. The second-order valence-electron chi connectivity index (χ2n) is 5.95. The van der Waals surface area contributed by atoms with Gasteiger partial charge in [-0.3, -0.25) is 9.59 Å². The van der Waals surface area contributed by atoms with Gasteiger partial charge in [-0.1, -0.05) is 41.9 Å². The van der Waals surface area contributed by atoms with Crippen LogP contribution in [-0.2, 0) is 9.53 Å². The first-order chi connectivity index (χ1) is 13.0. The molecule has 138 valence electrons. The summed E-state index contributed by atoms with van der Waals surface area (Å²) in [6.07, 6.45) is 1.59. The molecule has 0 saturated carbocycles. The van der Waals surface area contributed by atoms with E-state index in [9.17, 15) is 14.4 Å². The molecule has 1 atom stereocenters. The maximum Gasteiger partial charge on any atom is 0.328 e. The van der Waals surface area contributed by atoms with Crippen molar-refractivity contribution in [2.24, 2.45) is 0 Å². The smallest absolute Gasteiger partial charge is 0.328 e. The van der Waals surface area contributed by atoms with E-state index in [1.807, 2.05) is 24.3 Å². The number of nitrogens with one attached hydrogen (secondary N) is 2. The lowest BCUT2D eigenvalue weighted by Gasteiger charge is -2.13. The molecule has 0 radical (unpaired) electrons. The molecule has 27 heavy (non-hydrogen) atoms. The van der Waals surface area contributed by atoms with Crippen LogP contribution in [0.5, 0.6) is 0 Å². The van der Waals surface area contributed by atoms with Crippen LogP contribution in [0.3, 0.4) is 0 Å². The number of fused-ring (bicyclic) bond motifs is 1. The lowest BCUT2D eigenvalue weighted by molar-refractivity contribution is -0.144. The van der Waals surface area contributed by atoms with Crippen LogP contribution in [-0.4, -0.2) is 35.3 Å². The van der Waals surface area contributed by atoms with Crippen LogP contribution in [0.25, 0.3) is 10.9 Å². The Morgan fingerprint density at radius 2 is 1.78 bits per heavy atom. The predicted octanol–water partition coefficient (Wildman–Crippen LogP) is 3.37. The number of ketones is 1. The van der Waals surface area contributed by atoms with Gasteiger partial charge in [0.1, 0.15) is 6.04 Å². The second kappa shape index (κ2) is 8.05. The third-order valence-electron chi connectivity index (χ3n) is 4.05. The Morgan fingerprint density at radius 3 is 2.56 bits per heavy atom.